The van der Waals surface area contributed by atoms with Crippen LogP contribution < -0.4 is 0 Å². The summed E-state index contributed by atoms with van der Waals surface area (Å²) in [4.78, 5) is 18.8. The molecular formula is C16H23N5O. The minimum atomic E-state index is 0.0635. The fraction of sp³-hybridized carbons (Fsp3) is 0.562. The van der Waals surface area contributed by atoms with Gasteiger partial charge in [-0.15, -0.1) is 0 Å². The van der Waals surface area contributed by atoms with Crippen LogP contribution in [0.2, 0.25) is 0 Å². The SMILES string of the molecule is CCCc1[nH]ncc1C(=O)N(C)C[C@H]1CCc2nccn2C1. The summed E-state index contributed by atoms with van der Waals surface area (Å²) in [5.74, 6) is 1.70. The first kappa shape index (κ1) is 14.8. The average molecular weight is 301 g/mol. The lowest BCUT2D eigenvalue weighted by molar-refractivity contribution is 0.0759. The standard InChI is InChI=1S/C16H23N5O/c1-3-4-14-13(9-18-19-14)16(22)20(2)10-12-5-6-15-17-7-8-21(15)11-12/h7-9,12H,3-6,10-11H2,1-2H3,(H,18,19)/t12-/m1/s1. The molecule has 6 nitrogen and oxygen atoms in total. The van der Waals surface area contributed by atoms with E-state index in [0.717, 1.165) is 50.3 Å². The summed E-state index contributed by atoms with van der Waals surface area (Å²) >= 11 is 0. The maximum absolute atomic E-state index is 12.6. The number of rotatable bonds is 5. The van der Waals surface area contributed by atoms with E-state index in [-0.39, 0.29) is 5.91 Å². The van der Waals surface area contributed by atoms with Crippen LogP contribution in [0, 0.1) is 5.92 Å². The van der Waals surface area contributed by atoms with Crippen molar-refractivity contribution in [3.63, 3.8) is 0 Å². The zero-order chi connectivity index (χ0) is 15.5. The van der Waals surface area contributed by atoms with E-state index in [9.17, 15) is 4.79 Å². The minimum absolute atomic E-state index is 0.0635. The van der Waals surface area contributed by atoms with Crippen LogP contribution in [-0.4, -0.2) is 44.1 Å². The molecular weight excluding hydrogens is 278 g/mol. The van der Waals surface area contributed by atoms with E-state index >= 15 is 0 Å². The van der Waals surface area contributed by atoms with E-state index in [1.807, 2.05) is 24.3 Å². The maximum Gasteiger partial charge on any atom is 0.257 e. The molecule has 0 saturated carbocycles. The summed E-state index contributed by atoms with van der Waals surface area (Å²) in [7, 11) is 1.88. The van der Waals surface area contributed by atoms with E-state index in [4.69, 9.17) is 0 Å². The molecule has 0 radical (unpaired) electrons. The van der Waals surface area contributed by atoms with Gasteiger partial charge in [0.2, 0.25) is 0 Å². The number of nitrogens with one attached hydrogen (secondary N) is 1. The van der Waals surface area contributed by atoms with Gasteiger partial charge in [0.05, 0.1) is 11.8 Å². The predicted octanol–water partition coefficient (Wildman–Crippen LogP) is 1.89. The third kappa shape index (κ3) is 2.91. The Labute approximate surface area is 130 Å². The van der Waals surface area contributed by atoms with E-state index < -0.39 is 0 Å². The van der Waals surface area contributed by atoms with Crippen LogP contribution in [0.15, 0.2) is 18.6 Å². The van der Waals surface area contributed by atoms with Gasteiger partial charge < -0.3 is 9.47 Å². The Morgan fingerprint density at radius 2 is 2.41 bits per heavy atom. The Hall–Kier alpha value is -2.11. The number of fused-ring (bicyclic) bond motifs is 1. The van der Waals surface area contributed by atoms with Crippen LogP contribution in [0.25, 0.3) is 0 Å². The number of hydrogen-bond acceptors (Lipinski definition) is 3. The van der Waals surface area contributed by atoms with Crippen LogP contribution in [0.4, 0.5) is 0 Å². The minimum Gasteiger partial charge on any atom is -0.341 e. The van der Waals surface area contributed by atoms with Crippen molar-refractivity contribution in [3.05, 3.63) is 35.7 Å². The van der Waals surface area contributed by atoms with E-state index in [1.54, 1.807) is 6.20 Å². The zero-order valence-corrected chi connectivity index (χ0v) is 13.2. The molecule has 2 aromatic heterocycles. The summed E-state index contributed by atoms with van der Waals surface area (Å²) in [6.45, 7) is 3.82. The third-order valence-electron chi connectivity index (χ3n) is 4.36. The first-order valence-corrected chi connectivity index (χ1v) is 7.96. The van der Waals surface area contributed by atoms with Gasteiger partial charge >= 0.3 is 0 Å². The second kappa shape index (κ2) is 6.34. The summed E-state index contributed by atoms with van der Waals surface area (Å²) in [5.41, 5.74) is 1.66. The number of carbonyl (C=O) groups excluding carboxylic acids is 1. The molecule has 0 fully saturated rings. The maximum atomic E-state index is 12.6. The largest absolute Gasteiger partial charge is 0.341 e. The van der Waals surface area contributed by atoms with Gasteiger partial charge in [-0.25, -0.2) is 4.98 Å². The first-order valence-electron chi connectivity index (χ1n) is 7.96. The second-order valence-electron chi connectivity index (χ2n) is 6.10. The zero-order valence-electron chi connectivity index (χ0n) is 13.2. The molecule has 118 valence electrons. The number of imidazole rings is 1. The van der Waals surface area contributed by atoms with Crippen molar-refractivity contribution in [3.8, 4) is 0 Å². The molecule has 22 heavy (non-hydrogen) atoms. The number of aromatic amines is 1. The fourth-order valence-corrected chi connectivity index (χ4v) is 3.20. The van der Waals surface area contributed by atoms with Gasteiger partial charge in [0.15, 0.2) is 0 Å². The molecule has 1 atom stereocenters. The van der Waals surface area contributed by atoms with Crippen molar-refractivity contribution in [2.45, 2.75) is 39.2 Å². The highest BCUT2D eigenvalue weighted by atomic mass is 16.2. The van der Waals surface area contributed by atoms with Crippen LogP contribution in [0.5, 0.6) is 0 Å². The molecule has 0 unspecified atom stereocenters. The number of nitrogens with zero attached hydrogens (tertiary/aromatic N) is 4. The second-order valence-corrected chi connectivity index (χ2v) is 6.10. The summed E-state index contributed by atoms with van der Waals surface area (Å²) in [5, 5.41) is 6.97. The molecule has 1 N–H and O–H groups in total. The van der Waals surface area contributed by atoms with Gasteiger partial charge in [-0.1, -0.05) is 13.3 Å². The van der Waals surface area contributed by atoms with Crippen molar-refractivity contribution >= 4 is 5.91 Å². The van der Waals surface area contributed by atoms with Crippen molar-refractivity contribution in [1.82, 2.24) is 24.6 Å². The predicted molar refractivity (Wildman–Crippen MR) is 83.6 cm³/mol. The lowest BCUT2D eigenvalue weighted by Gasteiger charge is -2.28. The van der Waals surface area contributed by atoms with E-state index in [2.05, 4.69) is 26.7 Å². The number of hydrogen-bond donors (Lipinski definition) is 1. The summed E-state index contributed by atoms with van der Waals surface area (Å²) in [6.07, 6.45) is 9.47. The molecule has 0 aliphatic carbocycles. The molecule has 2 aromatic rings. The molecule has 3 rings (SSSR count). The summed E-state index contributed by atoms with van der Waals surface area (Å²) < 4.78 is 2.20. The van der Waals surface area contributed by atoms with Crippen molar-refractivity contribution < 1.29 is 4.79 Å². The van der Waals surface area contributed by atoms with Gasteiger partial charge in [-0.05, 0) is 18.8 Å². The van der Waals surface area contributed by atoms with Gasteiger partial charge in [-0.2, -0.15) is 5.10 Å². The lowest BCUT2D eigenvalue weighted by atomic mass is 9.98. The molecule has 0 saturated heterocycles. The molecule has 0 bridgehead atoms. The average Bonchev–Trinajstić information content (AvgIpc) is 3.15. The molecule has 1 aliphatic rings. The Morgan fingerprint density at radius 1 is 1.55 bits per heavy atom. The lowest BCUT2D eigenvalue weighted by Crippen LogP contribution is -2.35. The van der Waals surface area contributed by atoms with Crippen LogP contribution in [0.1, 0.15) is 41.6 Å². The molecule has 0 aromatic carbocycles. The van der Waals surface area contributed by atoms with Gasteiger partial charge in [-0.3, -0.25) is 9.89 Å². The van der Waals surface area contributed by atoms with Crippen molar-refractivity contribution in [1.29, 1.82) is 0 Å². The van der Waals surface area contributed by atoms with E-state index in [1.165, 1.54) is 0 Å². The van der Waals surface area contributed by atoms with Crippen LogP contribution >= 0.6 is 0 Å². The van der Waals surface area contributed by atoms with Gasteiger partial charge in [0.1, 0.15) is 5.82 Å². The van der Waals surface area contributed by atoms with Gasteiger partial charge in [0, 0.05) is 44.6 Å². The van der Waals surface area contributed by atoms with Crippen molar-refractivity contribution in [2.24, 2.45) is 5.92 Å². The highest BCUT2D eigenvalue weighted by Gasteiger charge is 2.23. The molecule has 3 heterocycles. The molecule has 1 amide bonds. The van der Waals surface area contributed by atoms with E-state index in [0.29, 0.717) is 11.5 Å². The highest BCUT2D eigenvalue weighted by Crippen LogP contribution is 2.20. The number of amides is 1. The molecule has 1 aliphatic heterocycles. The number of aryl methyl sites for hydroxylation is 2. The Morgan fingerprint density at radius 3 is 3.23 bits per heavy atom. The van der Waals surface area contributed by atoms with Gasteiger partial charge in [0.25, 0.3) is 5.91 Å². The third-order valence-corrected chi connectivity index (χ3v) is 4.36. The number of H-pyrrole nitrogens is 1. The topological polar surface area (TPSA) is 66.8 Å². The number of carbonyl (C=O) groups is 1. The summed E-state index contributed by atoms with van der Waals surface area (Å²) in [6, 6.07) is 0. The molecule has 0 spiro atoms. The van der Waals surface area contributed by atoms with Crippen molar-refractivity contribution in [2.75, 3.05) is 13.6 Å². The number of aromatic nitrogens is 4. The Kier molecular flexibility index (Phi) is 4.27. The van der Waals surface area contributed by atoms with Crippen LogP contribution in [0.3, 0.4) is 0 Å². The fourth-order valence-electron chi connectivity index (χ4n) is 3.20. The first-order chi connectivity index (χ1) is 10.7. The highest BCUT2D eigenvalue weighted by molar-refractivity contribution is 5.94. The Balaban J connectivity index is 1.63. The Bertz CT molecular complexity index is 645. The van der Waals surface area contributed by atoms with Crippen LogP contribution in [-0.2, 0) is 19.4 Å². The normalized spacial score (nSPS) is 17.3. The molecule has 6 heteroatoms. The smallest absolute Gasteiger partial charge is 0.257 e. The quantitative estimate of drug-likeness (QED) is 0.917. The monoisotopic (exact) mass is 301 g/mol.